The summed E-state index contributed by atoms with van der Waals surface area (Å²) in [5, 5.41) is 0. The third-order valence-electron chi connectivity index (χ3n) is 4.50. The molecular formula is C17H18N2. The Hall–Kier alpha value is -1.96. The summed E-state index contributed by atoms with van der Waals surface area (Å²) in [6.07, 6.45) is 1.55. The van der Waals surface area contributed by atoms with E-state index < -0.39 is 0 Å². The van der Waals surface area contributed by atoms with Crippen molar-refractivity contribution in [3.63, 3.8) is 0 Å². The minimum absolute atomic E-state index is 0.372. The molecule has 0 radical (unpaired) electrons. The van der Waals surface area contributed by atoms with Gasteiger partial charge in [-0.2, -0.15) is 0 Å². The van der Waals surface area contributed by atoms with E-state index in [0.717, 1.165) is 0 Å². The van der Waals surface area contributed by atoms with Crippen molar-refractivity contribution in [1.82, 2.24) is 0 Å². The highest BCUT2D eigenvalue weighted by atomic mass is 15.4. The molecule has 2 nitrogen and oxygen atoms in total. The van der Waals surface area contributed by atoms with Gasteiger partial charge in [0.05, 0.1) is 11.4 Å². The molecule has 0 spiro atoms. The second-order valence-electron chi connectivity index (χ2n) is 5.69. The number of hydrogen-bond acceptors (Lipinski definition) is 2. The number of rotatable bonds is 1. The molecular weight excluding hydrogens is 232 g/mol. The maximum Gasteiger partial charge on any atom is 0.103 e. The van der Waals surface area contributed by atoms with E-state index in [9.17, 15) is 0 Å². The topological polar surface area (TPSA) is 6.48 Å². The van der Waals surface area contributed by atoms with Crippen molar-refractivity contribution in [2.75, 3.05) is 16.8 Å². The summed E-state index contributed by atoms with van der Waals surface area (Å²) in [5.41, 5.74) is 8.42. The Balaban J connectivity index is 1.91. The molecule has 0 N–H and O–H groups in total. The zero-order valence-corrected chi connectivity index (χ0v) is 11.6. The largest absolute Gasteiger partial charge is 0.353 e. The van der Waals surface area contributed by atoms with Crippen molar-refractivity contribution in [1.29, 1.82) is 0 Å². The molecule has 0 saturated heterocycles. The summed E-state index contributed by atoms with van der Waals surface area (Å²) < 4.78 is 0. The maximum atomic E-state index is 2.46. The van der Waals surface area contributed by atoms with Crippen LogP contribution in [0, 0.1) is 6.92 Å². The van der Waals surface area contributed by atoms with Gasteiger partial charge in [0.2, 0.25) is 0 Å². The molecule has 2 aromatic rings. The molecule has 4 rings (SSSR count). The number of anilines is 3. The van der Waals surface area contributed by atoms with Gasteiger partial charge in [-0.15, -0.1) is 0 Å². The molecule has 0 fully saturated rings. The minimum Gasteiger partial charge on any atom is -0.353 e. The predicted molar refractivity (Wildman–Crippen MR) is 80.4 cm³/mol. The molecule has 0 bridgehead atoms. The van der Waals surface area contributed by atoms with E-state index in [-0.39, 0.29) is 0 Å². The molecule has 1 heterocycles. The highest BCUT2D eigenvalue weighted by Crippen LogP contribution is 2.48. The number of hydrogen-bond donors (Lipinski definition) is 0. The van der Waals surface area contributed by atoms with Crippen LogP contribution in [0.1, 0.15) is 23.6 Å². The fourth-order valence-electron chi connectivity index (χ4n) is 3.14. The average Bonchev–Trinajstić information content (AvgIpc) is 3.12. The molecule has 1 atom stereocenters. The normalized spacial score (nSPS) is 19.4. The van der Waals surface area contributed by atoms with Crippen molar-refractivity contribution in [3.05, 3.63) is 53.1 Å². The average molecular weight is 250 g/mol. The van der Waals surface area contributed by atoms with Gasteiger partial charge in [0.25, 0.3) is 0 Å². The first-order valence-corrected chi connectivity index (χ1v) is 6.90. The van der Waals surface area contributed by atoms with Gasteiger partial charge in [-0.1, -0.05) is 18.2 Å². The van der Waals surface area contributed by atoms with Gasteiger partial charge in [0, 0.05) is 12.7 Å². The fraction of sp³-hybridized carbons (Fsp3) is 0.294. The van der Waals surface area contributed by atoms with Gasteiger partial charge >= 0.3 is 0 Å². The Bertz CT molecular complexity index is 675. The van der Waals surface area contributed by atoms with Crippen LogP contribution in [0.3, 0.4) is 0 Å². The molecule has 1 aliphatic heterocycles. The SMILES string of the molecule is Cc1ccccc1N1c2cc3c(cc2N(C)[C@@H]1C)C3. The predicted octanol–water partition coefficient (Wildman–Crippen LogP) is 3.83. The standard InChI is InChI=1S/C17H18N2/c1-11-6-4-5-7-15(11)19-12(2)18(3)16-9-13-8-14(13)10-17(16)19/h4-7,9-10,12H,8H2,1-3H3/t12-/m0/s1. The summed E-state index contributed by atoms with van der Waals surface area (Å²) >= 11 is 0. The molecule has 1 aliphatic carbocycles. The molecule has 2 heteroatoms. The van der Waals surface area contributed by atoms with E-state index in [1.54, 1.807) is 0 Å². The molecule has 96 valence electrons. The van der Waals surface area contributed by atoms with Crippen molar-refractivity contribution in [2.24, 2.45) is 0 Å². The molecule has 0 saturated carbocycles. The lowest BCUT2D eigenvalue weighted by Gasteiger charge is -2.29. The second-order valence-corrected chi connectivity index (χ2v) is 5.69. The lowest BCUT2D eigenvalue weighted by atomic mass is 10.1. The van der Waals surface area contributed by atoms with E-state index >= 15 is 0 Å². The zero-order chi connectivity index (χ0) is 13.1. The first-order valence-electron chi connectivity index (χ1n) is 6.90. The van der Waals surface area contributed by atoms with Crippen LogP contribution in [0.25, 0.3) is 0 Å². The molecule has 0 unspecified atom stereocenters. The van der Waals surface area contributed by atoms with Crippen LogP contribution in [0.2, 0.25) is 0 Å². The fourth-order valence-corrected chi connectivity index (χ4v) is 3.14. The lowest BCUT2D eigenvalue weighted by Crippen LogP contribution is -2.35. The van der Waals surface area contributed by atoms with Crippen molar-refractivity contribution in [2.45, 2.75) is 26.4 Å². The molecule has 2 aliphatic rings. The lowest BCUT2D eigenvalue weighted by molar-refractivity contribution is 0.732. The van der Waals surface area contributed by atoms with E-state index in [4.69, 9.17) is 0 Å². The minimum atomic E-state index is 0.372. The molecule has 0 aromatic heterocycles. The van der Waals surface area contributed by atoms with Crippen LogP contribution >= 0.6 is 0 Å². The molecule has 0 amide bonds. The Labute approximate surface area is 114 Å². The van der Waals surface area contributed by atoms with Crippen LogP contribution in [0.4, 0.5) is 17.1 Å². The van der Waals surface area contributed by atoms with E-state index in [1.807, 2.05) is 0 Å². The third kappa shape index (κ3) is 1.43. The van der Waals surface area contributed by atoms with E-state index in [1.165, 1.54) is 40.2 Å². The van der Waals surface area contributed by atoms with Crippen molar-refractivity contribution < 1.29 is 0 Å². The van der Waals surface area contributed by atoms with Gasteiger partial charge in [0.1, 0.15) is 6.17 Å². The quantitative estimate of drug-likeness (QED) is 0.647. The highest BCUT2D eigenvalue weighted by Gasteiger charge is 2.35. The highest BCUT2D eigenvalue weighted by molar-refractivity contribution is 5.86. The number of fused-ring (bicyclic) bond motifs is 2. The van der Waals surface area contributed by atoms with Crippen molar-refractivity contribution >= 4 is 17.1 Å². The summed E-state index contributed by atoms with van der Waals surface area (Å²) in [6, 6.07) is 13.4. The summed E-state index contributed by atoms with van der Waals surface area (Å²) in [7, 11) is 2.19. The maximum absolute atomic E-state index is 2.46. The Kier molecular flexibility index (Phi) is 2.03. The van der Waals surface area contributed by atoms with Crippen LogP contribution in [-0.4, -0.2) is 13.2 Å². The monoisotopic (exact) mass is 250 g/mol. The summed E-state index contributed by atoms with van der Waals surface area (Å²) in [5.74, 6) is 0. The van der Waals surface area contributed by atoms with Gasteiger partial charge in [-0.05, 0) is 55.2 Å². The van der Waals surface area contributed by atoms with Gasteiger partial charge < -0.3 is 9.80 Å². The summed E-state index contributed by atoms with van der Waals surface area (Å²) in [4.78, 5) is 4.84. The van der Waals surface area contributed by atoms with E-state index in [0.29, 0.717) is 6.17 Å². The van der Waals surface area contributed by atoms with Gasteiger partial charge in [0.15, 0.2) is 0 Å². The third-order valence-corrected chi connectivity index (χ3v) is 4.50. The number of nitrogens with zero attached hydrogens (tertiary/aromatic N) is 2. The summed E-state index contributed by atoms with van der Waals surface area (Å²) in [6.45, 7) is 4.46. The zero-order valence-electron chi connectivity index (χ0n) is 11.6. The molecule has 2 aromatic carbocycles. The second kappa shape index (κ2) is 3.53. The van der Waals surface area contributed by atoms with Crippen molar-refractivity contribution in [3.8, 4) is 0 Å². The smallest absolute Gasteiger partial charge is 0.103 e. The van der Waals surface area contributed by atoms with Crippen LogP contribution in [0.5, 0.6) is 0 Å². The first-order chi connectivity index (χ1) is 9.16. The number of aryl methyl sites for hydroxylation is 1. The molecule has 19 heavy (non-hydrogen) atoms. The number of para-hydroxylation sites is 1. The Morgan fingerprint density at radius 2 is 1.68 bits per heavy atom. The van der Waals surface area contributed by atoms with E-state index in [2.05, 4.69) is 67.1 Å². The Morgan fingerprint density at radius 3 is 2.42 bits per heavy atom. The number of benzene rings is 2. The first kappa shape index (κ1) is 10.9. The van der Waals surface area contributed by atoms with Crippen LogP contribution in [0.15, 0.2) is 36.4 Å². The van der Waals surface area contributed by atoms with Crippen LogP contribution in [-0.2, 0) is 6.42 Å². The van der Waals surface area contributed by atoms with Gasteiger partial charge in [-0.25, -0.2) is 0 Å². The van der Waals surface area contributed by atoms with Crippen LogP contribution < -0.4 is 9.80 Å². The van der Waals surface area contributed by atoms with Gasteiger partial charge in [-0.3, -0.25) is 0 Å². The Morgan fingerprint density at radius 1 is 1.00 bits per heavy atom.